The number of aromatic nitrogens is 1. The Kier molecular flexibility index (Phi) is 2.23. The van der Waals surface area contributed by atoms with Gasteiger partial charge in [0, 0.05) is 18.8 Å². The number of carbonyl (C=O) groups is 1. The summed E-state index contributed by atoms with van der Waals surface area (Å²) < 4.78 is 5.30. The highest BCUT2D eigenvalue weighted by atomic mass is 16.5. The summed E-state index contributed by atoms with van der Waals surface area (Å²) in [6.45, 7) is 4.12. The van der Waals surface area contributed by atoms with Crippen LogP contribution in [0.15, 0.2) is 18.5 Å². The van der Waals surface area contributed by atoms with E-state index in [1.807, 2.05) is 6.07 Å². The van der Waals surface area contributed by atoms with Gasteiger partial charge in [-0.05, 0) is 17.5 Å². The molecule has 1 aliphatic rings. The van der Waals surface area contributed by atoms with Gasteiger partial charge in [-0.15, -0.1) is 0 Å². The first kappa shape index (κ1) is 9.19. The summed E-state index contributed by atoms with van der Waals surface area (Å²) in [4.78, 5) is 15.5. The average molecular weight is 191 g/mol. The van der Waals surface area contributed by atoms with Crippen molar-refractivity contribution in [3.8, 4) is 0 Å². The lowest BCUT2D eigenvalue weighted by molar-refractivity contribution is 0.0135. The van der Waals surface area contributed by atoms with Crippen molar-refractivity contribution in [2.24, 2.45) is 5.92 Å². The molecule has 0 radical (unpaired) electrons. The number of hydrogen-bond donors (Lipinski definition) is 0. The highest BCUT2D eigenvalue weighted by Gasteiger charge is 2.27. The fourth-order valence-corrected chi connectivity index (χ4v) is 1.62. The van der Waals surface area contributed by atoms with Gasteiger partial charge in [0.25, 0.3) is 0 Å². The summed E-state index contributed by atoms with van der Waals surface area (Å²) in [5.41, 5.74) is 1.67. The molecule has 3 heteroatoms. The summed E-state index contributed by atoms with van der Waals surface area (Å²) >= 11 is 0. The summed E-state index contributed by atoms with van der Waals surface area (Å²) in [6.07, 6.45) is 4.11. The topological polar surface area (TPSA) is 39.2 Å². The summed E-state index contributed by atoms with van der Waals surface area (Å²) in [5.74, 6) is 0.123. The van der Waals surface area contributed by atoms with Crippen molar-refractivity contribution < 1.29 is 9.53 Å². The number of hydrogen-bond acceptors (Lipinski definition) is 3. The predicted octanol–water partition coefficient (Wildman–Crippen LogP) is 1.82. The largest absolute Gasteiger partial charge is 0.458 e. The summed E-state index contributed by atoms with van der Waals surface area (Å²) in [6, 6.07) is 1.89. The maximum Gasteiger partial charge on any atom is 0.340 e. The van der Waals surface area contributed by atoms with Crippen molar-refractivity contribution >= 4 is 5.97 Å². The number of cyclic esters (lactones) is 1. The van der Waals surface area contributed by atoms with E-state index in [1.165, 1.54) is 0 Å². The second-order valence-electron chi connectivity index (χ2n) is 3.92. The van der Waals surface area contributed by atoms with Crippen LogP contribution in [-0.4, -0.2) is 17.1 Å². The van der Waals surface area contributed by atoms with Crippen molar-refractivity contribution in [3.05, 3.63) is 29.6 Å². The molecule has 1 unspecified atom stereocenters. The monoisotopic (exact) mass is 191 g/mol. The first-order chi connectivity index (χ1) is 6.68. The standard InChI is InChI=1S/C11H13NO2/c1-7(2)10-5-8-3-4-12-6-9(8)11(13)14-10/h3-4,6-7,10H,5H2,1-2H3. The van der Waals surface area contributed by atoms with Gasteiger partial charge in [0.2, 0.25) is 0 Å². The van der Waals surface area contributed by atoms with Gasteiger partial charge in [-0.1, -0.05) is 13.8 Å². The van der Waals surface area contributed by atoms with Crippen LogP contribution in [0.2, 0.25) is 0 Å². The number of esters is 1. The van der Waals surface area contributed by atoms with Gasteiger partial charge in [0.1, 0.15) is 6.10 Å². The highest BCUT2D eigenvalue weighted by Crippen LogP contribution is 2.23. The average Bonchev–Trinajstić information content (AvgIpc) is 2.17. The van der Waals surface area contributed by atoms with E-state index in [2.05, 4.69) is 18.8 Å². The minimum absolute atomic E-state index is 0.0115. The van der Waals surface area contributed by atoms with Crippen molar-refractivity contribution in [2.75, 3.05) is 0 Å². The molecule has 2 rings (SSSR count). The van der Waals surface area contributed by atoms with E-state index in [0.717, 1.165) is 12.0 Å². The van der Waals surface area contributed by atoms with Crippen LogP contribution in [0.3, 0.4) is 0 Å². The van der Waals surface area contributed by atoms with Crippen LogP contribution in [0.25, 0.3) is 0 Å². The van der Waals surface area contributed by atoms with E-state index in [4.69, 9.17) is 4.74 Å². The number of nitrogens with zero attached hydrogens (tertiary/aromatic N) is 1. The highest BCUT2D eigenvalue weighted by molar-refractivity contribution is 5.91. The van der Waals surface area contributed by atoms with E-state index in [-0.39, 0.29) is 12.1 Å². The summed E-state index contributed by atoms with van der Waals surface area (Å²) in [7, 11) is 0. The number of ether oxygens (including phenoxy) is 1. The molecule has 0 aromatic carbocycles. The van der Waals surface area contributed by atoms with Crippen LogP contribution in [0, 0.1) is 5.92 Å². The fraction of sp³-hybridized carbons (Fsp3) is 0.455. The Morgan fingerprint density at radius 3 is 3.07 bits per heavy atom. The van der Waals surface area contributed by atoms with Crippen LogP contribution in [0.4, 0.5) is 0 Å². The maximum absolute atomic E-state index is 11.5. The number of pyridine rings is 1. The van der Waals surface area contributed by atoms with Crippen molar-refractivity contribution in [2.45, 2.75) is 26.4 Å². The molecule has 0 fully saturated rings. The normalized spacial score (nSPS) is 20.5. The van der Waals surface area contributed by atoms with E-state index in [1.54, 1.807) is 12.4 Å². The van der Waals surface area contributed by atoms with Crippen LogP contribution >= 0.6 is 0 Å². The fourth-order valence-electron chi connectivity index (χ4n) is 1.62. The van der Waals surface area contributed by atoms with E-state index >= 15 is 0 Å². The number of rotatable bonds is 1. The van der Waals surface area contributed by atoms with Gasteiger partial charge in [-0.3, -0.25) is 4.98 Å². The molecule has 0 aliphatic carbocycles. The van der Waals surface area contributed by atoms with Gasteiger partial charge in [0.05, 0.1) is 5.56 Å². The Hall–Kier alpha value is -1.38. The zero-order valence-corrected chi connectivity index (χ0v) is 8.36. The Balaban J connectivity index is 2.33. The van der Waals surface area contributed by atoms with Crippen LogP contribution < -0.4 is 0 Å². The lowest BCUT2D eigenvalue weighted by Crippen LogP contribution is -2.31. The maximum atomic E-state index is 11.5. The van der Waals surface area contributed by atoms with Crippen LogP contribution in [-0.2, 0) is 11.2 Å². The van der Waals surface area contributed by atoms with Crippen molar-refractivity contribution in [1.29, 1.82) is 0 Å². The number of carbonyl (C=O) groups excluding carboxylic acids is 1. The minimum atomic E-state index is -0.238. The second kappa shape index (κ2) is 3.40. The molecule has 0 saturated carbocycles. The SMILES string of the molecule is CC(C)C1Cc2ccncc2C(=O)O1. The van der Waals surface area contributed by atoms with Gasteiger partial charge in [0.15, 0.2) is 0 Å². The molecule has 3 nitrogen and oxygen atoms in total. The first-order valence-corrected chi connectivity index (χ1v) is 4.82. The molecule has 0 saturated heterocycles. The number of fused-ring (bicyclic) bond motifs is 1. The van der Waals surface area contributed by atoms with Crippen LogP contribution in [0.1, 0.15) is 29.8 Å². The lowest BCUT2D eigenvalue weighted by atomic mass is 9.94. The third-order valence-electron chi connectivity index (χ3n) is 2.55. The van der Waals surface area contributed by atoms with E-state index < -0.39 is 0 Å². The zero-order chi connectivity index (χ0) is 10.1. The molecule has 1 atom stereocenters. The summed E-state index contributed by atoms with van der Waals surface area (Å²) in [5, 5.41) is 0. The second-order valence-corrected chi connectivity index (χ2v) is 3.92. The molecule has 0 N–H and O–H groups in total. The third kappa shape index (κ3) is 1.50. The van der Waals surface area contributed by atoms with Gasteiger partial charge >= 0.3 is 5.97 Å². The lowest BCUT2D eigenvalue weighted by Gasteiger charge is -2.26. The molecule has 14 heavy (non-hydrogen) atoms. The molecular formula is C11H13NO2. The molecule has 1 aromatic heterocycles. The van der Waals surface area contributed by atoms with E-state index in [9.17, 15) is 4.79 Å². The van der Waals surface area contributed by atoms with E-state index in [0.29, 0.717) is 11.5 Å². The van der Waals surface area contributed by atoms with Crippen molar-refractivity contribution in [1.82, 2.24) is 4.98 Å². The smallest absolute Gasteiger partial charge is 0.340 e. The Labute approximate surface area is 83.1 Å². The molecule has 1 aliphatic heterocycles. The van der Waals surface area contributed by atoms with Gasteiger partial charge in [-0.2, -0.15) is 0 Å². The Bertz CT molecular complexity index is 360. The molecule has 0 spiro atoms. The minimum Gasteiger partial charge on any atom is -0.458 e. The third-order valence-corrected chi connectivity index (χ3v) is 2.55. The quantitative estimate of drug-likeness (QED) is 0.635. The zero-order valence-electron chi connectivity index (χ0n) is 8.36. The van der Waals surface area contributed by atoms with Crippen molar-refractivity contribution in [3.63, 3.8) is 0 Å². The Morgan fingerprint density at radius 2 is 2.36 bits per heavy atom. The molecule has 0 amide bonds. The molecule has 1 aromatic rings. The molecule has 0 bridgehead atoms. The Morgan fingerprint density at radius 1 is 1.57 bits per heavy atom. The van der Waals surface area contributed by atoms with Gasteiger partial charge in [-0.25, -0.2) is 4.79 Å². The predicted molar refractivity (Wildman–Crippen MR) is 52.0 cm³/mol. The molecule has 2 heterocycles. The molecular weight excluding hydrogens is 178 g/mol. The first-order valence-electron chi connectivity index (χ1n) is 4.82. The van der Waals surface area contributed by atoms with Crippen LogP contribution in [0.5, 0.6) is 0 Å². The van der Waals surface area contributed by atoms with Gasteiger partial charge < -0.3 is 4.74 Å². The molecule has 74 valence electrons.